The van der Waals surface area contributed by atoms with Gasteiger partial charge in [0, 0.05) is 27.9 Å². The maximum Gasteiger partial charge on any atom is 0.267 e. The molecule has 0 atom stereocenters. The van der Waals surface area contributed by atoms with Crippen LogP contribution in [0.5, 0.6) is 5.75 Å². The van der Waals surface area contributed by atoms with Gasteiger partial charge in [-0.3, -0.25) is 9.59 Å². The van der Waals surface area contributed by atoms with E-state index >= 15 is 0 Å². The standard InChI is InChI=1S/C20H19ClN2O3S/c1-4-17(24)23-15-9-12(6-5-11(15)2)22-20(25)19-18(21)14-8-7-13(26-3)10-16(14)27-19/h5-10H,4H2,1-3H3,(H,22,25)(H,23,24). The summed E-state index contributed by atoms with van der Waals surface area (Å²) in [4.78, 5) is 24.8. The second-order valence-corrected chi connectivity index (χ2v) is 7.42. The van der Waals surface area contributed by atoms with Gasteiger partial charge in [0.2, 0.25) is 5.91 Å². The summed E-state index contributed by atoms with van der Waals surface area (Å²) in [5.74, 6) is 0.335. The number of ether oxygens (including phenoxy) is 1. The molecule has 1 heterocycles. The van der Waals surface area contributed by atoms with Crippen LogP contribution in [0.1, 0.15) is 28.6 Å². The van der Waals surface area contributed by atoms with Crippen molar-refractivity contribution < 1.29 is 14.3 Å². The van der Waals surface area contributed by atoms with E-state index in [4.69, 9.17) is 16.3 Å². The monoisotopic (exact) mass is 402 g/mol. The maximum atomic E-state index is 12.7. The van der Waals surface area contributed by atoms with Crippen LogP contribution in [0.15, 0.2) is 36.4 Å². The van der Waals surface area contributed by atoms with Gasteiger partial charge in [0.1, 0.15) is 10.6 Å². The molecule has 0 aliphatic carbocycles. The van der Waals surface area contributed by atoms with Gasteiger partial charge in [0.05, 0.1) is 12.1 Å². The summed E-state index contributed by atoms with van der Waals surface area (Å²) in [6.07, 6.45) is 0.386. The van der Waals surface area contributed by atoms with Crippen LogP contribution in [-0.4, -0.2) is 18.9 Å². The number of carbonyl (C=O) groups excluding carboxylic acids is 2. The van der Waals surface area contributed by atoms with Crippen LogP contribution >= 0.6 is 22.9 Å². The number of benzene rings is 2. The van der Waals surface area contributed by atoms with E-state index in [2.05, 4.69) is 10.6 Å². The molecule has 140 valence electrons. The molecule has 2 amide bonds. The first-order chi connectivity index (χ1) is 12.9. The normalized spacial score (nSPS) is 10.7. The molecule has 0 bridgehead atoms. The van der Waals surface area contributed by atoms with Crippen molar-refractivity contribution in [3.8, 4) is 5.75 Å². The Balaban J connectivity index is 1.87. The van der Waals surface area contributed by atoms with E-state index in [-0.39, 0.29) is 11.8 Å². The average molecular weight is 403 g/mol. The zero-order chi connectivity index (χ0) is 19.6. The third-order valence-corrected chi connectivity index (χ3v) is 5.79. The fourth-order valence-electron chi connectivity index (χ4n) is 2.58. The molecule has 3 aromatic rings. The van der Waals surface area contributed by atoms with Crippen molar-refractivity contribution in [2.45, 2.75) is 20.3 Å². The molecule has 7 heteroatoms. The zero-order valence-corrected chi connectivity index (χ0v) is 16.8. The molecule has 0 aliphatic heterocycles. The van der Waals surface area contributed by atoms with Crippen LogP contribution in [0.3, 0.4) is 0 Å². The number of halogens is 1. The third-order valence-electron chi connectivity index (χ3n) is 4.13. The quantitative estimate of drug-likeness (QED) is 0.594. The fourth-order valence-corrected chi connectivity index (χ4v) is 4.02. The summed E-state index contributed by atoms with van der Waals surface area (Å²) in [5, 5.41) is 6.91. The Hall–Kier alpha value is -2.57. The summed E-state index contributed by atoms with van der Waals surface area (Å²) < 4.78 is 6.10. The molecule has 0 radical (unpaired) electrons. The predicted octanol–water partition coefficient (Wildman–Crippen LogP) is 5.47. The van der Waals surface area contributed by atoms with Gasteiger partial charge in [-0.15, -0.1) is 11.3 Å². The van der Waals surface area contributed by atoms with Crippen molar-refractivity contribution in [3.63, 3.8) is 0 Å². The molecule has 0 aliphatic rings. The van der Waals surface area contributed by atoms with E-state index in [1.54, 1.807) is 26.2 Å². The van der Waals surface area contributed by atoms with Crippen molar-refractivity contribution in [2.75, 3.05) is 17.7 Å². The summed E-state index contributed by atoms with van der Waals surface area (Å²) in [6.45, 7) is 3.68. The van der Waals surface area contributed by atoms with E-state index in [0.717, 1.165) is 15.6 Å². The number of carbonyl (C=O) groups is 2. The van der Waals surface area contributed by atoms with E-state index < -0.39 is 0 Å². The van der Waals surface area contributed by atoms with Crippen molar-refractivity contribution in [1.29, 1.82) is 0 Å². The lowest BCUT2D eigenvalue weighted by atomic mass is 10.1. The smallest absolute Gasteiger partial charge is 0.267 e. The Labute approximate surface area is 166 Å². The number of anilines is 2. The zero-order valence-electron chi connectivity index (χ0n) is 15.2. The van der Waals surface area contributed by atoms with Gasteiger partial charge in [-0.25, -0.2) is 0 Å². The Morgan fingerprint density at radius 2 is 1.93 bits per heavy atom. The largest absolute Gasteiger partial charge is 0.497 e. The second-order valence-electron chi connectivity index (χ2n) is 5.99. The molecule has 0 fully saturated rings. The first kappa shape index (κ1) is 19.2. The first-order valence-corrected chi connectivity index (χ1v) is 9.60. The van der Waals surface area contributed by atoms with Crippen LogP contribution in [0, 0.1) is 6.92 Å². The molecule has 3 rings (SSSR count). The van der Waals surface area contributed by atoms with Crippen molar-refractivity contribution in [1.82, 2.24) is 0 Å². The van der Waals surface area contributed by atoms with Crippen LogP contribution in [-0.2, 0) is 4.79 Å². The molecular weight excluding hydrogens is 384 g/mol. The Kier molecular flexibility index (Phi) is 5.68. The van der Waals surface area contributed by atoms with Crippen LogP contribution in [0.4, 0.5) is 11.4 Å². The molecule has 2 aromatic carbocycles. The number of thiophene rings is 1. The number of aryl methyl sites for hydroxylation is 1. The molecule has 0 spiro atoms. The van der Waals surface area contributed by atoms with Gasteiger partial charge in [-0.2, -0.15) is 0 Å². The van der Waals surface area contributed by atoms with Gasteiger partial charge in [0.25, 0.3) is 5.91 Å². The first-order valence-electron chi connectivity index (χ1n) is 8.40. The number of methoxy groups -OCH3 is 1. The molecule has 27 heavy (non-hydrogen) atoms. The SMILES string of the molecule is CCC(=O)Nc1cc(NC(=O)c2sc3cc(OC)ccc3c2Cl)ccc1C. The predicted molar refractivity (Wildman–Crippen MR) is 111 cm³/mol. The minimum atomic E-state index is -0.295. The molecule has 1 aromatic heterocycles. The van der Waals surface area contributed by atoms with Crippen molar-refractivity contribution in [3.05, 3.63) is 51.9 Å². The highest BCUT2D eigenvalue weighted by Gasteiger charge is 2.18. The van der Waals surface area contributed by atoms with Gasteiger partial charge in [0.15, 0.2) is 0 Å². The topological polar surface area (TPSA) is 67.4 Å². The van der Waals surface area contributed by atoms with Gasteiger partial charge in [-0.05, 0) is 42.8 Å². The van der Waals surface area contributed by atoms with Crippen molar-refractivity contribution in [2.24, 2.45) is 0 Å². The molecular formula is C20H19ClN2O3S. The number of nitrogens with one attached hydrogen (secondary N) is 2. The highest BCUT2D eigenvalue weighted by molar-refractivity contribution is 7.21. The number of rotatable bonds is 5. The van der Waals surface area contributed by atoms with E-state index in [1.807, 2.05) is 31.2 Å². The van der Waals surface area contributed by atoms with Crippen LogP contribution in [0.2, 0.25) is 5.02 Å². The van der Waals surface area contributed by atoms with E-state index in [1.165, 1.54) is 11.3 Å². The summed E-state index contributed by atoms with van der Waals surface area (Å²) in [7, 11) is 1.59. The minimum absolute atomic E-state index is 0.0805. The summed E-state index contributed by atoms with van der Waals surface area (Å²) >= 11 is 7.72. The number of fused-ring (bicyclic) bond motifs is 1. The summed E-state index contributed by atoms with van der Waals surface area (Å²) in [5.41, 5.74) is 2.18. The Morgan fingerprint density at radius 3 is 2.63 bits per heavy atom. The molecule has 0 unspecified atom stereocenters. The minimum Gasteiger partial charge on any atom is -0.497 e. The second kappa shape index (κ2) is 7.98. The summed E-state index contributed by atoms with van der Waals surface area (Å²) in [6, 6.07) is 10.9. The molecule has 2 N–H and O–H groups in total. The molecule has 0 saturated carbocycles. The average Bonchev–Trinajstić information content (AvgIpc) is 3.00. The fraction of sp³-hybridized carbons (Fsp3) is 0.200. The van der Waals surface area contributed by atoms with Gasteiger partial charge >= 0.3 is 0 Å². The highest BCUT2D eigenvalue weighted by atomic mass is 35.5. The third kappa shape index (κ3) is 4.07. The lowest BCUT2D eigenvalue weighted by molar-refractivity contribution is -0.115. The maximum absolute atomic E-state index is 12.7. The number of hydrogen-bond donors (Lipinski definition) is 2. The van der Waals surface area contributed by atoms with E-state index in [9.17, 15) is 9.59 Å². The Morgan fingerprint density at radius 1 is 1.15 bits per heavy atom. The lowest BCUT2D eigenvalue weighted by Gasteiger charge is -2.11. The van der Waals surface area contributed by atoms with Crippen molar-refractivity contribution >= 4 is 56.2 Å². The Bertz CT molecular complexity index is 1030. The molecule has 0 saturated heterocycles. The number of hydrogen-bond acceptors (Lipinski definition) is 4. The highest BCUT2D eigenvalue weighted by Crippen LogP contribution is 2.37. The lowest BCUT2D eigenvalue weighted by Crippen LogP contribution is -2.13. The van der Waals surface area contributed by atoms with E-state index in [0.29, 0.717) is 33.4 Å². The van der Waals surface area contributed by atoms with Gasteiger partial charge < -0.3 is 15.4 Å². The van der Waals surface area contributed by atoms with Crippen LogP contribution < -0.4 is 15.4 Å². The van der Waals surface area contributed by atoms with Crippen LogP contribution in [0.25, 0.3) is 10.1 Å². The molecule has 5 nitrogen and oxygen atoms in total. The number of amides is 2. The van der Waals surface area contributed by atoms with Gasteiger partial charge in [-0.1, -0.05) is 24.6 Å².